The summed E-state index contributed by atoms with van der Waals surface area (Å²) in [7, 11) is 0. The Morgan fingerprint density at radius 3 is 2.76 bits per heavy atom. The third-order valence-electron chi connectivity index (χ3n) is 2.74. The van der Waals surface area contributed by atoms with Gasteiger partial charge in [-0.25, -0.2) is 0 Å². The van der Waals surface area contributed by atoms with E-state index in [9.17, 15) is 5.11 Å². The van der Waals surface area contributed by atoms with Crippen molar-refractivity contribution in [3.8, 4) is 0 Å². The van der Waals surface area contributed by atoms with E-state index in [4.69, 9.17) is 9.47 Å². The zero-order valence-corrected chi connectivity index (χ0v) is 11.3. The van der Waals surface area contributed by atoms with Gasteiger partial charge >= 0.3 is 0 Å². The van der Waals surface area contributed by atoms with E-state index in [1.165, 1.54) is 5.57 Å². The number of hydrogen-bond donors (Lipinski definition) is 1. The average Bonchev–Trinajstić information content (AvgIpc) is 2.55. The van der Waals surface area contributed by atoms with Crippen LogP contribution in [0.1, 0.15) is 40.5 Å². The predicted octanol–water partition coefficient (Wildman–Crippen LogP) is 2.80. The Hall–Kier alpha value is -0.640. The number of rotatable bonds is 5. The topological polar surface area (TPSA) is 38.7 Å². The lowest BCUT2D eigenvalue weighted by atomic mass is 10.1. The standard InChI is InChI=1S/C14H24O3/c1-5-6-12(15)9-11(2)7-8-13-10-16-14(3,4)17-13/h5-7,12-13,15H,8-10H2,1-4H3/b6-5+,11-7+/t12-,13-/m0/s1. The summed E-state index contributed by atoms with van der Waals surface area (Å²) in [5, 5.41) is 9.61. The minimum absolute atomic E-state index is 0.138. The van der Waals surface area contributed by atoms with Crippen molar-refractivity contribution in [1.29, 1.82) is 0 Å². The lowest BCUT2D eigenvalue weighted by Gasteiger charge is -2.16. The minimum atomic E-state index is -0.448. The van der Waals surface area contributed by atoms with Gasteiger partial charge in [0.25, 0.3) is 0 Å². The summed E-state index contributed by atoms with van der Waals surface area (Å²) < 4.78 is 11.2. The Morgan fingerprint density at radius 2 is 2.24 bits per heavy atom. The van der Waals surface area contributed by atoms with Crippen LogP contribution in [0, 0.1) is 0 Å². The minimum Gasteiger partial charge on any atom is -0.389 e. The molecule has 0 amide bonds. The molecule has 2 atom stereocenters. The van der Waals surface area contributed by atoms with Gasteiger partial charge < -0.3 is 14.6 Å². The van der Waals surface area contributed by atoms with Crippen molar-refractivity contribution in [1.82, 2.24) is 0 Å². The summed E-state index contributed by atoms with van der Waals surface area (Å²) in [5.74, 6) is -0.448. The zero-order chi connectivity index (χ0) is 12.9. The number of aliphatic hydroxyl groups is 1. The zero-order valence-electron chi connectivity index (χ0n) is 11.3. The van der Waals surface area contributed by atoms with E-state index < -0.39 is 5.79 Å². The van der Waals surface area contributed by atoms with Gasteiger partial charge in [0, 0.05) is 0 Å². The van der Waals surface area contributed by atoms with E-state index in [0.717, 1.165) is 6.42 Å². The highest BCUT2D eigenvalue weighted by atomic mass is 16.7. The molecular formula is C14H24O3. The van der Waals surface area contributed by atoms with E-state index in [1.54, 1.807) is 6.08 Å². The molecule has 1 saturated heterocycles. The fourth-order valence-corrected chi connectivity index (χ4v) is 1.92. The molecule has 17 heavy (non-hydrogen) atoms. The lowest BCUT2D eigenvalue weighted by Crippen LogP contribution is -2.21. The largest absolute Gasteiger partial charge is 0.389 e. The van der Waals surface area contributed by atoms with Crippen molar-refractivity contribution in [2.24, 2.45) is 0 Å². The molecule has 3 heteroatoms. The quantitative estimate of drug-likeness (QED) is 0.751. The molecule has 0 radical (unpaired) electrons. The van der Waals surface area contributed by atoms with Crippen LogP contribution in [0.25, 0.3) is 0 Å². The van der Waals surface area contributed by atoms with Crippen LogP contribution >= 0.6 is 0 Å². The van der Waals surface area contributed by atoms with Gasteiger partial charge in [0.1, 0.15) is 0 Å². The molecule has 1 aliphatic rings. The summed E-state index contributed by atoms with van der Waals surface area (Å²) in [6.07, 6.45) is 7.08. The molecule has 0 saturated carbocycles. The second-order valence-corrected chi connectivity index (χ2v) is 5.03. The SMILES string of the molecule is C/C=C/[C@H](O)C/C(C)=C/C[C@H]1COC(C)(C)O1. The summed E-state index contributed by atoms with van der Waals surface area (Å²) >= 11 is 0. The van der Waals surface area contributed by atoms with Gasteiger partial charge in [-0.05, 0) is 40.5 Å². The van der Waals surface area contributed by atoms with Gasteiger partial charge in [0.05, 0.1) is 18.8 Å². The van der Waals surface area contributed by atoms with E-state index in [1.807, 2.05) is 33.8 Å². The second-order valence-electron chi connectivity index (χ2n) is 5.03. The van der Waals surface area contributed by atoms with Gasteiger partial charge in [-0.1, -0.05) is 23.8 Å². The van der Waals surface area contributed by atoms with E-state index >= 15 is 0 Å². The highest BCUT2D eigenvalue weighted by molar-refractivity contribution is 5.04. The van der Waals surface area contributed by atoms with Crippen molar-refractivity contribution < 1.29 is 14.6 Å². The van der Waals surface area contributed by atoms with Gasteiger partial charge in [0.2, 0.25) is 0 Å². The molecule has 0 aromatic rings. The first-order valence-electron chi connectivity index (χ1n) is 6.21. The molecule has 0 unspecified atom stereocenters. The van der Waals surface area contributed by atoms with Crippen molar-refractivity contribution in [2.45, 2.75) is 58.5 Å². The van der Waals surface area contributed by atoms with E-state index in [0.29, 0.717) is 13.0 Å². The van der Waals surface area contributed by atoms with Gasteiger partial charge in [0.15, 0.2) is 5.79 Å². The Morgan fingerprint density at radius 1 is 1.53 bits per heavy atom. The van der Waals surface area contributed by atoms with Crippen molar-refractivity contribution in [3.05, 3.63) is 23.8 Å². The Bertz CT molecular complexity index is 292. The molecule has 0 spiro atoms. The van der Waals surface area contributed by atoms with Gasteiger partial charge in [-0.15, -0.1) is 0 Å². The van der Waals surface area contributed by atoms with E-state index in [-0.39, 0.29) is 12.2 Å². The Balaban J connectivity index is 2.33. The van der Waals surface area contributed by atoms with Crippen LogP contribution in [0.4, 0.5) is 0 Å². The third kappa shape index (κ3) is 5.48. The molecule has 1 fully saturated rings. The molecule has 0 aromatic carbocycles. The van der Waals surface area contributed by atoms with Crippen LogP contribution in [0.3, 0.4) is 0 Å². The van der Waals surface area contributed by atoms with Crippen molar-refractivity contribution >= 4 is 0 Å². The number of hydrogen-bond acceptors (Lipinski definition) is 3. The van der Waals surface area contributed by atoms with Gasteiger partial charge in [-0.2, -0.15) is 0 Å². The highest BCUT2D eigenvalue weighted by Crippen LogP contribution is 2.24. The van der Waals surface area contributed by atoms with Crippen LogP contribution in [-0.2, 0) is 9.47 Å². The fourth-order valence-electron chi connectivity index (χ4n) is 1.92. The van der Waals surface area contributed by atoms with Gasteiger partial charge in [-0.3, -0.25) is 0 Å². The molecule has 1 N–H and O–H groups in total. The molecule has 98 valence electrons. The summed E-state index contributed by atoms with van der Waals surface area (Å²) in [4.78, 5) is 0. The fraction of sp³-hybridized carbons (Fsp3) is 0.714. The first kappa shape index (κ1) is 14.4. The average molecular weight is 240 g/mol. The molecule has 0 bridgehead atoms. The molecule has 1 rings (SSSR count). The predicted molar refractivity (Wildman–Crippen MR) is 68.7 cm³/mol. The maximum absolute atomic E-state index is 9.61. The maximum atomic E-state index is 9.61. The first-order chi connectivity index (χ1) is 7.93. The van der Waals surface area contributed by atoms with E-state index in [2.05, 4.69) is 6.08 Å². The first-order valence-corrected chi connectivity index (χ1v) is 6.21. The smallest absolute Gasteiger partial charge is 0.163 e. The highest BCUT2D eigenvalue weighted by Gasteiger charge is 2.31. The normalized spacial score (nSPS) is 26.6. The van der Waals surface area contributed by atoms with Crippen LogP contribution < -0.4 is 0 Å². The van der Waals surface area contributed by atoms with Crippen molar-refractivity contribution in [3.63, 3.8) is 0 Å². The van der Waals surface area contributed by atoms with Crippen LogP contribution in [0.2, 0.25) is 0 Å². The van der Waals surface area contributed by atoms with Crippen LogP contribution in [0.15, 0.2) is 23.8 Å². The molecule has 3 nitrogen and oxygen atoms in total. The monoisotopic (exact) mass is 240 g/mol. The third-order valence-corrected chi connectivity index (χ3v) is 2.74. The molecule has 0 aromatic heterocycles. The molecule has 1 heterocycles. The summed E-state index contributed by atoms with van der Waals surface area (Å²) in [5.41, 5.74) is 1.18. The number of aliphatic hydroxyl groups excluding tert-OH is 1. The van der Waals surface area contributed by atoms with Crippen molar-refractivity contribution in [2.75, 3.05) is 6.61 Å². The second kappa shape index (κ2) is 6.34. The summed E-state index contributed by atoms with van der Waals surface area (Å²) in [6, 6.07) is 0. The molecule has 0 aliphatic carbocycles. The maximum Gasteiger partial charge on any atom is 0.163 e. The van der Waals surface area contributed by atoms with Crippen LogP contribution in [-0.4, -0.2) is 29.7 Å². The molecule has 1 aliphatic heterocycles. The Labute approximate surface area is 104 Å². The van der Waals surface area contributed by atoms with Crippen LogP contribution in [0.5, 0.6) is 0 Å². The Kier molecular flexibility index (Phi) is 5.37. The molecular weight excluding hydrogens is 216 g/mol. The lowest BCUT2D eigenvalue weighted by molar-refractivity contribution is -0.137. The number of allylic oxidation sites excluding steroid dienone is 1. The number of ether oxygens (including phenoxy) is 2. The summed E-state index contributed by atoms with van der Waals surface area (Å²) in [6.45, 7) is 8.45.